The maximum absolute atomic E-state index is 13.4. The largest absolute Gasteiger partial charge is 0.324 e. The monoisotopic (exact) mass is 554 g/mol. The molecule has 0 aliphatic carbocycles. The van der Waals surface area contributed by atoms with Crippen LogP contribution in [0.25, 0.3) is 0 Å². The second kappa shape index (κ2) is 9.36. The van der Waals surface area contributed by atoms with Crippen LogP contribution in [0.2, 0.25) is 5.02 Å². The van der Waals surface area contributed by atoms with E-state index in [1.807, 2.05) is 25.1 Å². The molecule has 0 unspecified atom stereocenters. The number of nitrogens with one attached hydrogen (secondary N) is 1. The summed E-state index contributed by atoms with van der Waals surface area (Å²) < 4.78 is 29.0. The zero-order valence-corrected chi connectivity index (χ0v) is 20.1. The van der Waals surface area contributed by atoms with Crippen molar-refractivity contribution in [2.75, 3.05) is 16.2 Å². The Kier molecular flexibility index (Phi) is 7.05. The first-order chi connectivity index (χ1) is 14.2. The van der Waals surface area contributed by atoms with Crippen molar-refractivity contribution >= 4 is 61.5 Å². The molecule has 3 rings (SSSR count). The molecule has 0 saturated carbocycles. The Labute approximate surface area is 195 Å². The Morgan fingerprint density at radius 3 is 2.30 bits per heavy atom. The summed E-state index contributed by atoms with van der Waals surface area (Å²) in [5, 5.41) is 3.25. The van der Waals surface area contributed by atoms with Crippen molar-refractivity contribution in [3.05, 3.63) is 86.4 Å². The smallest absolute Gasteiger partial charge is 0.264 e. The number of anilines is 2. The van der Waals surface area contributed by atoms with E-state index in [0.29, 0.717) is 16.4 Å². The van der Waals surface area contributed by atoms with E-state index >= 15 is 0 Å². The van der Waals surface area contributed by atoms with Crippen LogP contribution in [-0.2, 0) is 14.8 Å². The number of halogens is 2. The van der Waals surface area contributed by atoms with Crippen molar-refractivity contribution in [3.63, 3.8) is 0 Å². The van der Waals surface area contributed by atoms with Crippen LogP contribution in [-0.4, -0.2) is 20.9 Å². The first-order valence-electron chi connectivity index (χ1n) is 9.08. The Balaban J connectivity index is 1.97. The van der Waals surface area contributed by atoms with Crippen LogP contribution in [0, 0.1) is 17.4 Å². The first kappa shape index (κ1) is 22.6. The van der Waals surface area contributed by atoms with E-state index in [9.17, 15) is 13.2 Å². The molecule has 8 heteroatoms. The van der Waals surface area contributed by atoms with Crippen LogP contribution < -0.4 is 9.62 Å². The molecule has 0 radical (unpaired) electrons. The predicted molar refractivity (Wildman–Crippen MR) is 130 cm³/mol. The fourth-order valence-corrected chi connectivity index (χ4v) is 5.22. The molecule has 3 aromatic carbocycles. The van der Waals surface area contributed by atoms with Crippen LogP contribution >= 0.6 is 34.2 Å². The zero-order chi connectivity index (χ0) is 21.9. The molecule has 0 fully saturated rings. The lowest BCUT2D eigenvalue weighted by atomic mass is 10.2. The molecular weight excluding hydrogens is 535 g/mol. The molecule has 3 aromatic rings. The average Bonchev–Trinajstić information content (AvgIpc) is 2.69. The first-order valence-corrected chi connectivity index (χ1v) is 12.0. The molecule has 0 bridgehead atoms. The molecule has 1 amide bonds. The summed E-state index contributed by atoms with van der Waals surface area (Å²) in [4.78, 5) is 12.9. The molecule has 0 saturated heterocycles. The number of sulfonamides is 1. The van der Waals surface area contributed by atoms with Gasteiger partial charge in [-0.3, -0.25) is 9.10 Å². The minimum absolute atomic E-state index is 0.0633. The molecule has 0 heterocycles. The Hall–Kier alpha value is -2.10. The highest BCUT2D eigenvalue weighted by Gasteiger charge is 2.28. The Morgan fingerprint density at radius 1 is 1.00 bits per heavy atom. The van der Waals surface area contributed by atoms with Gasteiger partial charge in [0.15, 0.2) is 0 Å². The highest BCUT2D eigenvalue weighted by atomic mass is 127. The normalized spacial score (nSPS) is 11.2. The number of amides is 1. The number of hydrogen-bond donors (Lipinski definition) is 1. The van der Waals surface area contributed by atoms with E-state index in [0.717, 1.165) is 19.0 Å². The van der Waals surface area contributed by atoms with Crippen molar-refractivity contribution in [1.29, 1.82) is 0 Å². The summed E-state index contributed by atoms with van der Waals surface area (Å²) in [7, 11) is -3.98. The molecule has 1 N–H and O–H groups in total. The second-order valence-electron chi connectivity index (χ2n) is 6.76. The van der Waals surface area contributed by atoms with E-state index in [-0.39, 0.29) is 11.4 Å². The van der Waals surface area contributed by atoms with Gasteiger partial charge in [0, 0.05) is 14.3 Å². The standard InChI is InChI=1S/C22H20ClIN2O3S/c1-15-5-3-4-6-21(15)26(30(28,29)19-10-7-17(23)8-11-19)14-22(27)25-20-12-9-18(24)13-16(20)2/h3-13H,14H2,1-2H3,(H,25,27). The lowest BCUT2D eigenvalue weighted by molar-refractivity contribution is -0.114. The molecule has 0 atom stereocenters. The number of nitrogens with zero attached hydrogens (tertiary/aromatic N) is 1. The maximum atomic E-state index is 13.4. The van der Waals surface area contributed by atoms with Gasteiger partial charge in [-0.1, -0.05) is 29.8 Å². The highest BCUT2D eigenvalue weighted by Crippen LogP contribution is 2.27. The van der Waals surface area contributed by atoms with Crippen LogP contribution in [0.3, 0.4) is 0 Å². The van der Waals surface area contributed by atoms with Crippen molar-refractivity contribution in [3.8, 4) is 0 Å². The fourth-order valence-electron chi connectivity index (χ4n) is 2.96. The Bertz CT molecular complexity index is 1180. The van der Waals surface area contributed by atoms with Crippen LogP contribution in [0.15, 0.2) is 71.6 Å². The molecular formula is C22H20ClIN2O3S. The van der Waals surface area contributed by atoms with Gasteiger partial charge in [-0.2, -0.15) is 0 Å². The van der Waals surface area contributed by atoms with Crippen molar-refractivity contribution < 1.29 is 13.2 Å². The fraction of sp³-hybridized carbons (Fsp3) is 0.136. The van der Waals surface area contributed by atoms with E-state index in [1.165, 1.54) is 24.3 Å². The number of aryl methyl sites for hydroxylation is 2. The average molecular weight is 555 g/mol. The number of benzene rings is 3. The third-order valence-electron chi connectivity index (χ3n) is 4.54. The van der Waals surface area contributed by atoms with Gasteiger partial charge in [0.25, 0.3) is 10.0 Å². The summed E-state index contributed by atoms with van der Waals surface area (Å²) in [6.45, 7) is 3.34. The van der Waals surface area contributed by atoms with Crippen molar-refractivity contribution in [2.24, 2.45) is 0 Å². The lowest BCUT2D eigenvalue weighted by Crippen LogP contribution is -2.38. The van der Waals surface area contributed by atoms with Crippen molar-refractivity contribution in [2.45, 2.75) is 18.7 Å². The minimum atomic E-state index is -3.98. The number of hydrogen-bond acceptors (Lipinski definition) is 3. The molecule has 30 heavy (non-hydrogen) atoms. The SMILES string of the molecule is Cc1cc(I)ccc1NC(=O)CN(c1ccccc1C)S(=O)(=O)c1ccc(Cl)cc1. The zero-order valence-electron chi connectivity index (χ0n) is 16.4. The molecule has 5 nitrogen and oxygen atoms in total. The van der Waals surface area contributed by atoms with Crippen molar-refractivity contribution in [1.82, 2.24) is 0 Å². The van der Waals surface area contributed by atoms with Gasteiger partial charge < -0.3 is 5.32 Å². The quantitative estimate of drug-likeness (QED) is 0.415. The summed E-state index contributed by atoms with van der Waals surface area (Å²) in [5.74, 6) is -0.430. The number of para-hydroxylation sites is 1. The summed E-state index contributed by atoms with van der Waals surface area (Å²) >= 11 is 8.11. The molecule has 0 aliphatic heterocycles. The van der Waals surface area contributed by atoms with Gasteiger partial charge in [-0.15, -0.1) is 0 Å². The molecule has 0 spiro atoms. The predicted octanol–water partition coefficient (Wildman–Crippen LogP) is 5.40. The Morgan fingerprint density at radius 2 is 1.67 bits per heavy atom. The highest BCUT2D eigenvalue weighted by molar-refractivity contribution is 14.1. The van der Waals surface area contributed by atoms with E-state index in [1.54, 1.807) is 31.2 Å². The van der Waals surface area contributed by atoms with E-state index in [2.05, 4.69) is 27.9 Å². The maximum Gasteiger partial charge on any atom is 0.264 e. The third-order valence-corrected chi connectivity index (χ3v) is 7.23. The van der Waals surface area contributed by atoms with Gasteiger partial charge in [0.2, 0.25) is 5.91 Å². The van der Waals surface area contributed by atoms with E-state index in [4.69, 9.17) is 11.6 Å². The summed E-state index contributed by atoms with van der Waals surface area (Å²) in [5.41, 5.74) is 2.74. The minimum Gasteiger partial charge on any atom is -0.324 e. The second-order valence-corrected chi connectivity index (χ2v) is 10.3. The van der Waals surface area contributed by atoms with Crippen LogP contribution in [0.5, 0.6) is 0 Å². The van der Waals surface area contributed by atoms with E-state index < -0.39 is 15.9 Å². The number of carbonyl (C=O) groups is 1. The van der Waals surface area contributed by atoms with Gasteiger partial charge in [0.05, 0.1) is 10.6 Å². The molecule has 0 aliphatic rings. The molecule has 0 aromatic heterocycles. The van der Waals surface area contributed by atoms with Gasteiger partial charge in [-0.05, 0) is 96.1 Å². The van der Waals surface area contributed by atoms with Gasteiger partial charge in [-0.25, -0.2) is 8.42 Å². The number of carbonyl (C=O) groups excluding carboxylic acids is 1. The van der Waals surface area contributed by atoms with Crippen LogP contribution in [0.1, 0.15) is 11.1 Å². The molecule has 156 valence electrons. The lowest BCUT2D eigenvalue weighted by Gasteiger charge is -2.25. The third kappa shape index (κ3) is 5.14. The topological polar surface area (TPSA) is 66.5 Å². The number of rotatable bonds is 6. The van der Waals surface area contributed by atoms with Crippen LogP contribution in [0.4, 0.5) is 11.4 Å². The summed E-state index contributed by atoms with van der Waals surface area (Å²) in [6, 6.07) is 18.6. The summed E-state index contributed by atoms with van der Waals surface area (Å²) in [6.07, 6.45) is 0. The van der Waals surface area contributed by atoms with Gasteiger partial charge in [0.1, 0.15) is 6.54 Å². The van der Waals surface area contributed by atoms with Gasteiger partial charge >= 0.3 is 0 Å².